The van der Waals surface area contributed by atoms with Gasteiger partial charge in [-0.1, -0.05) is 12.1 Å². The van der Waals surface area contributed by atoms with Crippen LogP contribution in [-0.4, -0.2) is 46.5 Å². The van der Waals surface area contributed by atoms with E-state index in [0.717, 1.165) is 5.56 Å². The summed E-state index contributed by atoms with van der Waals surface area (Å²) in [6.07, 6.45) is -0.483. The first-order valence-electron chi connectivity index (χ1n) is 6.57. The molecule has 3 N–H and O–H groups in total. The lowest BCUT2D eigenvalue weighted by Gasteiger charge is -2.12. The zero-order valence-corrected chi connectivity index (χ0v) is 12.6. The molecule has 7 heteroatoms. The van der Waals surface area contributed by atoms with Crippen molar-refractivity contribution in [2.45, 2.75) is 6.54 Å². The molecule has 1 aromatic rings. The van der Waals surface area contributed by atoms with Crippen LogP contribution in [-0.2, 0) is 16.0 Å². The van der Waals surface area contributed by atoms with Gasteiger partial charge in [0.25, 0.3) is 0 Å². The zero-order valence-electron chi connectivity index (χ0n) is 12.6. The van der Waals surface area contributed by atoms with Crippen LogP contribution in [0.15, 0.2) is 29.3 Å². The van der Waals surface area contributed by atoms with Crippen LogP contribution in [0, 0.1) is 0 Å². The SMILES string of the molecule is CN=C(NCCOC)NCc1ccc(NC(=O)OC)cc1. The van der Waals surface area contributed by atoms with E-state index in [1.165, 1.54) is 7.11 Å². The summed E-state index contributed by atoms with van der Waals surface area (Å²) in [5.41, 5.74) is 1.76. The monoisotopic (exact) mass is 294 g/mol. The Kier molecular flexibility index (Phi) is 7.67. The lowest BCUT2D eigenvalue weighted by molar-refractivity contribution is 0.187. The molecule has 1 rings (SSSR count). The molecule has 0 saturated heterocycles. The van der Waals surface area contributed by atoms with Crippen LogP contribution >= 0.6 is 0 Å². The van der Waals surface area contributed by atoms with Gasteiger partial charge < -0.3 is 20.1 Å². The van der Waals surface area contributed by atoms with Gasteiger partial charge in [0, 0.05) is 32.9 Å². The normalized spacial score (nSPS) is 10.9. The highest BCUT2D eigenvalue weighted by Gasteiger charge is 2.01. The molecule has 0 unspecified atom stereocenters. The maximum Gasteiger partial charge on any atom is 0.411 e. The number of rotatable bonds is 6. The first-order valence-corrected chi connectivity index (χ1v) is 6.57. The molecule has 0 heterocycles. The van der Waals surface area contributed by atoms with E-state index in [-0.39, 0.29) is 0 Å². The Balaban J connectivity index is 2.42. The van der Waals surface area contributed by atoms with Crippen molar-refractivity contribution in [3.05, 3.63) is 29.8 Å². The fourth-order valence-corrected chi connectivity index (χ4v) is 1.55. The van der Waals surface area contributed by atoms with Crippen molar-refractivity contribution < 1.29 is 14.3 Å². The maximum atomic E-state index is 11.1. The van der Waals surface area contributed by atoms with Gasteiger partial charge in [-0.2, -0.15) is 0 Å². The summed E-state index contributed by atoms with van der Waals surface area (Å²) >= 11 is 0. The highest BCUT2D eigenvalue weighted by Crippen LogP contribution is 2.09. The fourth-order valence-electron chi connectivity index (χ4n) is 1.55. The van der Waals surface area contributed by atoms with Crippen molar-refractivity contribution in [2.75, 3.05) is 39.7 Å². The summed E-state index contributed by atoms with van der Waals surface area (Å²) in [4.78, 5) is 15.2. The van der Waals surface area contributed by atoms with Gasteiger partial charge in [-0.05, 0) is 17.7 Å². The third-order valence-electron chi connectivity index (χ3n) is 2.67. The minimum Gasteiger partial charge on any atom is -0.453 e. The number of carbonyl (C=O) groups is 1. The van der Waals surface area contributed by atoms with Gasteiger partial charge in [0.2, 0.25) is 0 Å². The van der Waals surface area contributed by atoms with Crippen molar-refractivity contribution in [1.82, 2.24) is 10.6 Å². The van der Waals surface area contributed by atoms with Gasteiger partial charge in [-0.15, -0.1) is 0 Å². The fraction of sp³-hybridized carbons (Fsp3) is 0.429. The Morgan fingerprint density at radius 2 is 1.90 bits per heavy atom. The van der Waals surface area contributed by atoms with Crippen LogP contribution < -0.4 is 16.0 Å². The molecule has 1 aromatic carbocycles. The minimum absolute atomic E-state index is 0.483. The van der Waals surface area contributed by atoms with Gasteiger partial charge in [-0.25, -0.2) is 4.79 Å². The summed E-state index contributed by atoms with van der Waals surface area (Å²) in [7, 11) is 4.70. The lowest BCUT2D eigenvalue weighted by atomic mass is 10.2. The molecule has 7 nitrogen and oxygen atoms in total. The van der Waals surface area contributed by atoms with E-state index >= 15 is 0 Å². The van der Waals surface area contributed by atoms with Crippen molar-refractivity contribution in [2.24, 2.45) is 4.99 Å². The first kappa shape index (κ1) is 16.8. The molecule has 0 aromatic heterocycles. The maximum absolute atomic E-state index is 11.1. The molecule has 0 aliphatic heterocycles. The van der Waals surface area contributed by atoms with Crippen molar-refractivity contribution >= 4 is 17.7 Å². The third-order valence-corrected chi connectivity index (χ3v) is 2.67. The summed E-state index contributed by atoms with van der Waals surface area (Å²) in [5, 5.41) is 8.91. The molecule has 0 bridgehead atoms. The number of carbonyl (C=O) groups excluding carboxylic acids is 1. The van der Waals surface area contributed by atoms with Crippen LogP contribution in [0.25, 0.3) is 0 Å². The number of guanidine groups is 1. The Hall–Kier alpha value is -2.28. The molecule has 0 aliphatic carbocycles. The number of hydrogen-bond acceptors (Lipinski definition) is 4. The highest BCUT2D eigenvalue weighted by atomic mass is 16.5. The molecule has 0 atom stereocenters. The minimum atomic E-state index is -0.483. The zero-order chi connectivity index (χ0) is 15.5. The summed E-state index contributed by atoms with van der Waals surface area (Å²) in [6.45, 7) is 1.94. The standard InChI is InChI=1S/C14H22N4O3/c1-15-13(16-8-9-20-2)17-10-11-4-6-12(7-5-11)18-14(19)21-3/h4-7H,8-10H2,1-3H3,(H,18,19)(H2,15,16,17). The van der Waals surface area contributed by atoms with Gasteiger partial charge in [0.05, 0.1) is 13.7 Å². The Morgan fingerprint density at radius 3 is 2.48 bits per heavy atom. The van der Waals surface area contributed by atoms with E-state index in [0.29, 0.717) is 31.3 Å². The molecular formula is C14H22N4O3. The molecule has 21 heavy (non-hydrogen) atoms. The number of aliphatic imine (C=N–C) groups is 1. The number of hydrogen-bond donors (Lipinski definition) is 3. The van der Waals surface area contributed by atoms with E-state index in [9.17, 15) is 4.79 Å². The second kappa shape index (κ2) is 9.60. The van der Waals surface area contributed by atoms with Crippen LogP contribution in [0.1, 0.15) is 5.56 Å². The molecule has 116 valence electrons. The van der Waals surface area contributed by atoms with Gasteiger partial charge in [-0.3, -0.25) is 10.3 Å². The van der Waals surface area contributed by atoms with Crippen LogP contribution in [0.4, 0.5) is 10.5 Å². The van der Waals surface area contributed by atoms with E-state index in [2.05, 4.69) is 25.7 Å². The van der Waals surface area contributed by atoms with Gasteiger partial charge in [0.1, 0.15) is 0 Å². The Morgan fingerprint density at radius 1 is 1.19 bits per heavy atom. The van der Waals surface area contributed by atoms with Crippen LogP contribution in [0.5, 0.6) is 0 Å². The number of ether oxygens (including phenoxy) is 2. The van der Waals surface area contributed by atoms with Crippen LogP contribution in [0.3, 0.4) is 0 Å². The van der Waals surface area contributed by atoms with E-state index < -0.39 is 6.09 Å². The van der Waals surface area contributed by atoms with E-state index in [4.69, 9.17) is 4.74 Å². The van der Waals surface area contributed by atoms with E-state index in [1.807, 2.05) is 24.3 Å². The van der Waals surface area contributed by atoms with Crippen molar-refractivity contribution in [3.8, 4) is 0 Å². The highest BCUT2D eigenvalue weighted by molar-refractivity contribution is 5.84. The average Bonchev–Trinajstić information content (AvgIpc) is 2.52. The second-order valence-electron chi connectivity index (χ2n) is 4.16. The molecule has 0 radical (unpaired) electrons. The predicted molar refractivity (Wildman–Crippen MR) is 82.5 cm³/mol. The molecule has 1 amide bonds. The molecule has 0 saturated carbocycles. The number of amides is 1. The lowest BCUT2D eigenvalue weighted by Crippen LogP contribution is -2.38. The molecular weight excluding hydrogens is 272 g/mol. The largest absolute Gasteiger partial charge is 0.453 e. The Labute approximate surface area is 124 Å². The number of methoxy groups -OCH3 is 2. The third kappa shape index (κ3) is 6.62. The summed E-state index contributed by atoms with van der Waals surface area (Å²) in [6, 6.07) is 7.46. The van der Waals surface area contributed by atoms with Crippen LogP contribution in [0.2, 0.25) is 0 Å². The first-order chi connectivity index (χ1) is 10.2. The molecule has 0 fully saturated rings. The molecule has 0 spiro atoms. The molecule has 0 aliphatic rings. The smallest absolute Gasteiger partial charge is 0.411 e. The summed E-state index contributed by atoms with van der Waals surface area (Å²) < 4.78 is 9.49. The number of anilines is 1. The van der Waals surface area contributed by atoms with Crippen molar-refractivity contribution in [1.29, 1.82) is 0 Å². The van der Waals surface area contributed by atoms with Gasteiger partial charge in [0.15, 0.2) is 5.96 Å². The predicted octanol–water partition coefficient (Wildman–Crippen LogP) is 1.18. The average molecular weight is 294 g/mol. The quantitative estimate of drug-likeness (QED) is 0.417. The second-order valence-corrected chi connectivity index (χ2v) is 4.16. The van der Waals surface area contributed by atoms with Crippen molar-refractivity contribution in [3.63, 3.8) is 0 Å². The summed E-state index contributed by atoms with van der Waals surface area (Å²) in [5.74, 6) is 0.712. The van der Waals surface area contributed by atoms with E-state index in [1.54, 1.807) is 14.2 Å². The number of benzene rings is 1. The number of nitrogens with zero attached hydrogens (tertiary/aromatic N) is 1. The Bertz CT molecular complexity index is 460. The van der Waals surface area contributed by atoms with Gasteiger partial charge >= 0.3 is 6.09 Å². The topological polar surface area (TPSA) is 84.0 Å². The number of nitrogens with one attached hydrogen (secondary N) is 3.